The van der Waals surface area contributed by atoms with E-state index in [0.29, 0.717) is 37.0 Å². The van der Waals surface area contributed by atoms with E-state index in [-0.39, 0.29) is 5.91 Å². The third kappa shape index (κ3) is 3.68. The number of aromatic nitrogens is 1. The molecule has 132 valence electrons. The molecule has 0 saturated heterocycles. The molecule has 1 aliphatic rings. The molecule has 25 heavy (non-hydrogen) atoms. The Morgan fingerprint density at radius 3 is 2.84 bits per heavy atom. The van der Waals surface area contributed by atoms with Crippen molar-refractivity contribution >= 4 is 17.5 Å². The van der Waals surface area contributed by atoms with Crippen LogP contribution in [0.25, 0.3) is 0 Å². The Bertz CT molecular complexity index is 789. The lowest BCUT2D eigenvalue weighted by molar-refractivity contribution is -0.132. The average Bonchev–Trinajstić information content (AvgIpc) is 2.55. The van der Waals surface area contributed by atoms with E-state index in [1.165, 1.54) is 0 Å². The van der Waals surface area contributed by atoms with Crippen LogP contribution in [-0.2, 0) is 4.79 Å². The summed E-state index contributed by atoms with van der Waals surface area (Å²) >= 11 is 0. The van der Waals surface area contributed by atoms with Crippen molar-refractivity contribution in [3.8, 4) is 11.5 Å². The van der Waals surface area contributed by atoms with Crippen LogP contribution in [0, 0.1) is 6.92 Å². The van der Waals surface area contributed by atoms with E-state index < -0.39 is 5.60 Å². The van der Waals surface area contributed by atoms with Crippen LogP contribution in [0.2, 0.25) is 0 Å². The Balaban J connectivity index is 1.68. The Hall–Kier alpha value is -2.76. The molecule has 0 aliphatic carbocycles. The van der Waals surface area contributed by atoms with Gasteiger partial charge >= 0.3 is 0 Å². The average molecular weight is 341 g/mol. The lowest BCUT2D eigenvalue weighted by Crippen LogP contribution is -2.53. The quantitative estimate of drug-likeness (QED) is 0.846. The SMILES string of the molecule is Cc1cccc(OCCCN2C(=O)C(C)(C)Oc3ccc(N)nc32)c1. The highest BCUT2D eigenvalue weighted by Crippen LogP contribution is 2.36. The molecule has 0 fully saturated rings. The summed E-state index contributed by atoms with van der Waals surface area (Å²) in [6.07, 6.45) is 0.672. The Morgan fingerprint density at radius 2 is 2.08 bits per heavy atom. The van der Waals surface area contributed by atoms with Gasteiger partial charge in [-0.2, -0.15) is 0 Å². The van der Waals surface area contributed by atoms with Crippen molar-refractivity contribution in [1.82, 2.24) is 4.98 Å². The Morgan fingerprint density at radius 1 is 1.28 bits per heavy atom. The number of carbonyl (C=O) groups excluding carboxylic acids is 1. The molecule has 3 rings (SSSR count). The topological polar surface area (TPSA) is 77.7 Å². The zero-order valence-corrected chi connectivity index (χ0v) is 14.8. The van der Waals surface area contributed by atoms with Gasteiger partial charge in [0.2, 0.25) is 0 Å². The van der Waals surface area contributed by atoms with Gasteiger partial charge in [0.05, 0.1) is 6.61 Å². The molecule has 0 radical (unpaired) electrons. The van der Waals surface area contributed by atoms with Gasteiger partial charge in [0.25, 0.3) is 5.91 Å². The first kappa shape index (κ1) is 17.1. The van der Waals surface area contributed by atoms with Crippen molar-refractivity contribution in [3.63, 3.8) is 0 Å². The molecule has 0 atom stereocenters. The molecule has 0 spiro atoms. The van der Waals surface area contributed by atoms with E-state index in [9.17, 15) is 4.79 Å². The standard InChI is InChI=1S/C19H23N3O3/c1-13-6-4-7-14(12-13)24-11-5-10-22-17-15(8-9-16(20)21-17)25-19(2,3)18(22)23/h4,6-9,12H,5,10-11H2,1-3H3,(H2,20,21). The summed E-state index contributed by atoms with van der Waals surface area (Å²) in [7, 11) is 0. The number of carbonyl (C=O) groups is 1. The van der Waals surface area contributed by atoms with E-state index in [4.69, 9.17) is 15.2 Å². The number of hydrogen-bond donors (Lipinski definition) is 1. The van der Waals surface area contributed by atoms with Crippen LogP contribution in [0.4, 0.5) is 11.6 Å². The van der Waals surface area contributed by atoms with Crippen molar-refractivity contribution in [2.75, 3.05) is 23.8 Å². The summed E-state index contributed by atoms with van der Waals surface area (Å²) in [6.45, 7) is 6.52. The maximum absolute atomic E-state index is 12.7. The highest BCUT2D eigenvalue weighted by atomic mass is 16.5. The number of hydrogen-bond acceptors (Lipinski definition) is 5. The van der Waals surface area contributed by atoms with Gasteiger partial charge in [-0.1, -0.05) is 12.1 Å². The number of aryl methyl sites for hydroxylation is 1. The fourth-order valence-corrected chi connectivity index (χ4v) is 2.79. The van der Waals surface area contributed by atoms with Gasteiger partial charge in [0, 0.05) is 6.54 Å². The lowest BCUT2D eigenvalue weighted by Gasteiger charge is -2.37. The molecule has 6 heteroatoms. The molecule has 1 aliphatic heterocycles. The normalized spacial score (nSPS) is 15.5. The number of amides is 1. The molecular formula is C19H23N3O3. The van der Waals surface area contributed by atoms with Gasteiger partial charge in [-0.15, -0.1) is 0 Å². The second-order valence-electron chi connectivity index (χ2n) is 6.65. The number of pyridine rings is 1. The largest absolute Gasteiger partial charge is 0.494 e. The van der Waals surface area contributed by atoms with E-state index in [0.717, 1.165) is 11.3 Å². The predicted molar refractivity (Wildman–Crippen MR) is 97.0 cm³/mol. The monoisotopic (exact) mass is 341 g/mol. The van der Waals surface area contributed by atoms with Gasteiger partial charge in [-0.3, -0.25) is 9.69 Å². The van der Waals surface area contributed by atoms with Crippen LogP contribution in [0.3, 0.4) is 0 Å². The number of nitrogens with two attached hydrogens (primary N) is 1. The molecule has 1 aromatic heterocycles. The number of nitrogen functional groups attached to an aromatic ring is 1. The summed E-state index contributed by atoms with van der Waals surface area (Å²) < 4.78 is 11.5. The number of nitrogens with zero attached hydrogens (tertiary/aromatic N) is 2. The second kappa shape index (κ2) is 6.63. The molecule has 0 saturated carbocycles. The van der Waals surface area contributed by atoms with Crippen molar-refractivity contribution in [2.24, 2.45) is 0 Å². The van der Waals surface area contributed by atoms with Crippen LogP contribution in [0.1, 0.15) is 25.8 Å². The van der Waals surface area contributed by atoms with E-state index in [2.05, 4.69) is 4.98 Å². The number of fused-ring (bicyclic) bond motifs is 1. The van der Waals surface area contributed by atoms with Gasteiger partial charge in [0.1, 0.15) is 11.6 Å². The minimum absolute atomic E-state index is 0.131. The molecule has 1 amide bonds. The van der Waals surface area contributed by atoms with Crippen LogP contribution in [0.15, 0.2) is 36.4 Å². The fourth-order valence-electron chi connectivity index (χ4n) is 2.79. The zero-order valence-electron chi connectivity index (χ0n) is 14.8. The number of benzene rings is 1. The summed E-state index contributed by atoms with van der Waals surface area (Å²) in [4.78, 5) is 18.6. The van der Waals surface area contributed by atoms with Gasteiger partial charge in [-0.05, 0) is 57.0 Å². The van der Waals surface area contributed by atoms with Crippen LogP contribution < -0.4 is 20.1 Å². The summed E-state index contributed by atoms with van der Waals surface area (Å²) in [5.41, 5.74) is 5.99. The number of rotatable bonds is 5. The Kier molecular flexibility index (Phi) is 4.53. The van der Waals surface area contributed by atoms with Gasteiger partial charge in [0.15, 0.2) is 17.2 Å². The van der Waals surface area contributed by atoms with Gasteiger partial charge in [-0.25, -0.2) is 4.98 Å². The van der Waals surface area contributed by atoms with Crippen LogP contribution >= 0.6 is 0 Å². The maximum Gasteiger partial charge on any atom is 0.271 e. The minimum atomic E-state index is -0.928. The van der Waals surface area contributed by atoms with E-state index >= 15 is 0 Å². The summed E-state index contributed by atoms with van der Waals surface area (Å²) in [5.74, 6) is 2.10. The van der Waals surface area contributed by atoms with Crippen LogP contribution in [0.5, 0.6) is 11.5 Å². The third-order valence-corrected chi connectivity index (χ3v) is 4.03. The number of ether oxygens (including phenoxy) is 2. The minimum Gasteiger partial charge on any atom is -0.494 e. The highest BCUT2D eigenvalue weighted by molar-refractivity contribution is 6.01. The summed E-state index contributed by atoms with van der Waals surface area (Å²) in [5, 5.41) is 0. The van der Waals surface area contributed by atoms with E-state index in [1.807, 2.05) is 31.2 Å². The fraction of sp³-hybridized carbons (Fsp3) is 0.368. The van der Waals surface area contributed by atoms with Crippen molar-refractivity contribution < 1.29 is 14.3 Å². The van der Waals surface area contributed by atoms with Crippen molar-refractivity contribution in [1.29, 1.82) is 0 Å². The molecule has 2 N–H and O–H groups in total. The molecule has 2 heterocycles. The molecule has 0 unspecified atom stereocenters. The van der Waals surface area contributed by atoms with Crippen molar-refractivity contribution in [3.05, 3.63) is 42.0 Å². The first-order valence-electron chi connectivity index (χ1n) is 8.34. The first-order chi connectivity index (χ1) is 11.9. The molecule has 2 aromatic rings. The lowest BCUT2D eigenvalue weighted by atomic mass is 10.1. The smallest absolute Gasteiger partial charge is 0.271 e. The number of anilines is 2. The van der Waals surface area contributed by atoms with Crippen LogP contribution in [-0.4, -0.2) is 29.6 Å². The third-order valence-electron chi connectivity index (χ3n) is 4.03. The molecular weight excluding hydrogens is 318 g/mol. The molecule has 6 nitrogen and oxygen atoms in total. The van der Waals surface area contributed by atoms with E-state index in [1.54, 1.807) is 30.9 Å². The highest BCUT2D eigenvalue weighted by Gasteiger charge is 2.41. The second-order valence-corrected chi connectivity index (χ2v) is 6.65. The first-order valence-corrected chi connectivity index (χ1v) is 8.34. The van der Waals surface area contributed by atoms with Gasteiger partial charge < -0.3 is 15.2 Å². The predicted octanol–water partition coefficient (Wildman–Crippen LogP) is 2.95. The molecule has 0 bridgehead atoms. The zero-order chi connectivity index (χ0) is 18.0. The Labute approximate surface area is 147 Å². The van der Waals surface area contributed by atoms with Crippen molar-refractivity contribution in [2.45, 2.75) is 32.8 Å². The molecule has 1 aromatic carbocycles. The summed E-state index contributed by atoms with van der Waals surface area (Å²) in [6, 6.07) is 11.3. The maximum atomic E-state index is 12.7.